The molecule has 0 saturated carbocycles. The number of carbonyl (C=O) groups is 3. The van der Waals surface area contributed by atoms with Crippen LogP contribution < -0.4 is 15.8 Å². The third kappa shape index (κ3) is 3.65. The maximum absolute atomic E-state index is 12.8. The molecule has 2 aliphatic heterocycles. The zero-order chi connectivity index (χ0) is 18.7. The van der Waals surface area contributed by atoms with Crippen LogP contribution in [0.4, 0.5) is 0 Å². The number of amides is 2. The van der Waals surface area contributed by atoms with Crippen molar-refractivity contribution in [3.05, 3.63) is 29.3 Å². The van der Waals surface area contributed by atoms with Gasteiger partial charge in [-0.3, -0.25) is 14.4 Å². The van der Waals surface area contributed by atoms with E-state index in [4.69, 9.17) is 10.5 Å². The molecule has 2 unspecified atom stereocenters. The molecule has 0 radical (unpaired) electrons. The molecular weight excluding hydrogens is 338 g/mol. The van der Waals surface area contributed by atoms with E-state index in [1.165, 1.54) is 12.0 Å². The van der Waals surface area contributed by atoms with E-state index in [9.17, 15) is 14.4 Å². The minimum atomic E-state index is -0.866. The summed E-state index contributed by atoms with van der Waals surface area (Å²) in [5.41, 5.74) is 6.76. The lowest BCUT2D eigenvalue weighted by Gasteiger charge is -2.25. The number of benzene rings is 1. The number of hydrogen-bond donors (Lipinski definition) is 2. The van der Waals surface area contributed by atoms with E-state index < -0.39 is 17.9 Å². The molecule has 3 rings (SSSR count). The molecule has 0 aromatic heterocycles. The number of nitrogens with zero attached hydrogens (tertiary/aromatic N) is 1. The van der Waals surface area contributed by atoms with Crippen LogP contribution >= 0.6 is 0 Å². The number of nitrogens with two attached hydrogens (primary N) is 1. The molecule has 3 N–H and O–H groups in total. The second-order valence-electron chi connectivity index (χ2n) is 6.48. The van der Waals surface area contributed by atoms with Crippen LogP contribution in [0.1, 0.15) is 35.2 Å². The quantitative estimate of drug-likeness (QED) is 0.671. The van der Waals surface area contributed by atoms with Gasteiger partial charge in [-0.15, -0.1) is 0 Å². The standard InChI is InChI=1S/C18H23N3O5/c1-25-16(22)6-5-14(17(19)23)21-10-13-12(18(21)24)3-2-4-15(13)26-11-7-8-20-9-11/h2-4,11,14,20H,5-10H2,1H3,(H2,19,23). The highest BCUT2D eigenvalue weighted by molar-refractivity contribution is 6.01. The third-order valence-corrected chi connectivity index (χ3v) is 4.82. The summed E-state index contributed by atoms with van der Waals surface area (Å²) < 4.78 is 10.6. The molecule has 8 heteroatoms. The van der Waals surface area contributed by atoms with E-state index in [0.29, 0.717) is 11.3 Å². The number of primary amides is 1. The molecular formula is C18H23N3O5. The smallest absolute Gasteiger partial charge is 0.305 e. The molecule has 0 bridgehead atoms. The van der Waals surface area contributed by atoms with Gasteiger partial charge in [0.25, 0.3) is 5.91 Å². The number of hydrogen-bond acceptors (Lipinski definition) is 6. The lowest BCUT2D eigenvalue weighted by molar-refractivity contribution is -0.141. The van der Waals surface area contributed by atoms with Crippen molar-refractivity contribution < 1.29 is 23.9 Å². The number of methoxy groups -OCH3 is 1. The SMILES string of the molecule is COC(=O)CCC(C(N)=O)N1Cc2c(OC3CCNC3)cccc2C1=O. The van der Waals surface area contributed by atoms with E-state index >= 15 is 0 Å². The second kappa shape index (κ2) is 7.74. The fourth-order valence-corrected chi connectivity index (χ4v) is 3.40. The van der Waals surface area contributed by atoms with Crippen LogP contribution in [0, 0.1) is 0 Å². The molecule has 0 aliphatic carbocycles. The van der Waals surface area contributed by atoms with Crippen LogP contribution in [0.15, 0.2) is 18.2 Å². The molecule has 1 aromatic carbocycles. The summed E-state index contributed by atoms with van der Waals surface area (Å²) in [6.45, 7) is 1.91. The van der Waals surface area contributed by atoms with Gasteiger partial charge in [-0.05, 0) is 31.5 Å². The monoisotopic (exact) mass is 361 g/mol. The Morgan fingerprint density at radius 3 is 2.88 bits per heavy atom. The van der Waals surface area contributed by atoms with Gasteiger partial charge in [0.2, 0.25) is 5.91 Å². The summed E-state index contributed by atoms with van der Waals surface area (Å²) in [6.07, 6.45) is 1.12. The van der Waals surface area contributed by atoms with E-state index in [2.05, 4.69) is 10.1 Å². The van der Waals surface area contributed by atoms with Crippen molar-refractivity contribution in [2.24, 2.45) is 5.73 Å². The minimum Gasteiger partial charge on any atom is -0.489 e. The molecule has 8 nitrogen and oxygen atoms in total. The van der Waals surface area contributed by atoms with Crippen molar-refractivity contribution in [1.82, 2.24) is 10.2 Å². The summed E-state index contributed by atoms with van der Waals surface area (Å²) >= 11 is 0. The van der Waals surface area contributed by atoms with Gasteiger partial charge in [-0.2, -0.15) is 0 Å². The van der Waals surface area contributed by atoms with E-state index in [1.54, 1.807) is 12.1 Å². The third-order valence-electron chi connectivity index (χ3n) is 4.82. The average molecular weight is 361 g/mol. The molecule has 1 fully saturated rings. The molecule has 1 saturated heterocycles. The van der Waals surface area contributed by atoms with Crippen LogP contribution in [-0.4, -0.2) is 55.0 Å². The van der Waals surface area contributed by atoms with Gasteiger partial charge >= 0.3 is 5.97 Å². The predicted molar refractivity (Wildman–Crippen MR) is 92.5 cm³/mol. The Kier molecular flexibility index (Phi) is 5.41. The number of nitrogens with one attached hydrogen (secondary N) is 1. The zero-order valence-corrected chi connectivity index (χ0v) is 14.7. The summed E-state index contributed by atoms with van der Waals surface area (Å²) in [5.74, 6) is -0.706. The number of rotatable bonds is 7. The molecule has 140 valence electrons. The lowest BCUT2D eigenvalue weighted by atomic mass is 10.1. The molecule has 2 aliphatic rings. The summed E-state index contributed by atoms with van der Waals surface area (Å²) in [4.78, 5) is 37.5. The fraction of sp³-hybridized carbons (Fsp3) is 0.500. The van der Waals surface area contributed by atoms with Gasteiger partial charge in [0.1, 0.15) is 17.9 Å². The molecule has 0 spiro atoms. The summed E-state index contributed by atoms with van der Waals surface area (Å²) in [6, 6.07) is 4.46. The van der Waals surface area contributed by atoms with Crippen LogP contribution in [0.3, 0.4) is 0 Å². The zero-order valence-electron chi connectivity index (χ0n) is 14.7. The number of fused-ring (bicyclic) bond motifs is 1. The Balaban J connectivity index is 1.78. The number of ether oxygens (including phenoxy) is 2. The summed E-state index contributed by atoms with van der Waals surface area (Å²) in [5, 5.41) is 3.24. The predicted octanol–water partition coefficient (Wildman–Crippen LogP) is 0.190. The molecule has 2 amide bonds. The Hall–Kier alpha value is -2.61. The first-order chi connectivity index (χ1) is 12.5. The largest absolute Gasteiger partial charge is 0.489 e. The van der Waals surface area contributed by atoms with Crippen LogP contribution in [0.25, 0.3) is 0 Å². The molecule has 26 heavy (non-hydrogen) atoms. The van der Waals surface area contributed by atoms with Crippen LogP contribution in [0.5, 0.6) is 5.75 Å². The Morgan fingerprint density at radius 1 is 1.42 bits per heavy atom. The van der Waals surface area contributed by atoms with E-state index in [-0.39, 0.29) is 31.4 Å². The highest BCUT2D eigenvalue weighted by Gasteiger charge is 2.37. The minimum absolute atomic E-state index is 0.0152. The van der Waals surface area contributed by atoms with Crippen LogP contribution in [0.2, 0.25) is 0 Å². The Bertz CT molecular complexity index is 715. The first-order valence-corrected chi connectivity index (χ1v) is 8.67. The maximum Gasteiger partial charge on any atom is 0.305 e. The van der Waals surface area contributed by atoms with Gasteiger partial charge in [0.05, 0.1) is 13.7 Å². The molecule has 2 heterocycles. The van der Waals surface area contributed by atoms with Crippen molar-refractivity contribution in [3.63, 3.8) is 0 Å². The maximum atomic E-state index is 12.8. The van der Waals surface area contributed by atoms with Crippen LogP contribution in [-0.2, 0) is 20.9 Å². The number of esters is 1. The van der Waals surface area contributed by atoms with Gasteiger partial charge in [-0.1, -0.05) is 6.07 Å². The first-order valence-electron chi connectivity index (χ1n) is 8.67. The average Bonchev–Trinajstić information content (AvgIpc) is 3.24. The highest BCUT2D eigenvalue weighted by Crippen LogP contribution is 2.33. The van der Waals surface area contributed by atoms with Gasteiger partial charge < -0.3 is 25.4 Å². The number of carbonyl (C=O) groups excluding carboxylic acids is 3. The van der Waals surface area contributed by atoms with E-state index in [1.807, 2.05) is 6.07 Å². The topological polar surface area (TPSA) is 111 Å². The van der Waals surface area contributed by atoms with Crippen molar-refractivity contribution in [2.75, 3.05) is 20.2 Å². The Morgan fingerprint density at radius 2 is 2.23 bits per heavy atom. The van der Waals surface area contributed by atoms with Crippen molar-refractivity contribution in [3.8, 4) is 5.75 Å². The van der Waals surface area contributed by atoms with E-state index in [0.717, 1.165) is 25.1 Å². The lowest BCUT2D eigenvalue weighted by Crippen LogP contribution is -2.45. The normalized spacial score (nSPS) is 20.0. The van der Waals surface area contributed by atoms with Gasteiger partial charge in [0.15, 0.2) is 0 Å². The van der Waals surface area contributed by atoms with Gasteiger partial charge in [-0.25, -0.2) is 0 Å². The highest BCUT2D eigenvalue weighted by atomic mass is 16.5. The Labute approximate surface area is 151 Å². The summed E-state index contributed by atoms with van der Waals surface area (Å²) in [7, 11) is 1.28. The molecule has 1 aromatic rings. The van der Waals surface area contributed by atoms with Gasteiger partial charge in [0, 0.05) is 24.1 Å². The second-order valence-corrected chi connectivity index (χ2v) is 6.48. The van der Waals surface area contributed by atoms with Crippen molar-refractivity contribution in [1.29, 1.82) is 0 Å². The fourth-order valence-electron chi connectivity index (χ4n) is 3.40. The van der Waals surface area contributed by atoms with Crippen molar-refractivity contribution >= 4 is 17.8 Å². The molecule has 2 atom stereocenters. The first kappa shape index (κ1) is 18.2. The van der Waals surface area contributed by atoms with Crippen molar-refractivity contribution in [2.45, 2.75) is 38.0 Å².